The van der Waals surface area contributed by atoms with Crippen LogP contribution in [0.15, 0.2) is 34.9 Å². The van der Waals surface area contributed by atoms with Gasteiger partial charge in [0, 0.05) is 17.0 Å². The average Bonchev–Trinajstić information content (AvgIpc) is 2.86. The van der Waals surface area contributed by atoms with Crippen LogP contribution in [0.25, 0.3) is 0 Å². The molecule has 22 heavy (non-hydrogen) atoms. The minimum absolute atomic E-state index is 0.0901. The standard InChI is InChI=1S/C15H15F3N2O2/c1-14(2,3)11-8-12(22-20-11)19-13(21)9-5-4-6-10(7-9)15(16,17)18/h4-8H,1-3H3,(H,19,21). The number of nitrogens with zero attached hydrogens (tertiary/aromatic N) is 1. The van der Waals surface area contributed by atoms with Gasteiger partial charge in [-0.2, -0.15) is 13.2 Å². The number of rotatable bonds is 2. The predicted molar refractivity (Wildman–Crippen MR) is 74.6 cm³/mol. The molecule has 118 valence electrons. The second-order valence-corrected chi connectivity index (χ2v) is 5.86. The first-order valence-corrected chi connectivity index (χ1v) is 6.53. The molecule has 0 unspecified atom stereocenters. The molecular formula is C15H15F3N2O2. The molecule has 1 N–H and O–H groups in total. The van der Waals surface area contributed by atoms with Gasteiger partial charge in [0.05, 0.1) is 11.3 Å². The van der Waals surface area contributed by atoms with Crippen molar-refractivity contribution < 1.29 is 22.5 Å². The summed E-state index contributed by atoms with van der Waals surface area (Å²) in [6, 6.07) is 5.72. The Morgan fingerprint density at radius 2 is 1.86 bits per heavy atom. The molecule has 0 aliphatic heterocycles. The maximum absolute atomic E-state index is 12.6. The number of carbonyl (C=O) groups is 1. The summed E-state index contributed by atoms with van der Waals surface area (Å²) in [6.45, 7) is 5.76. The predicted octanol–water partition coefficient (Wildman–Crippen LogP) is 4.24. The van der Waals surface area contributed by atoms with Crippen LogP contribution in [0.1, 0.15) is 42.4 Å². The molecule has 0 bridgehead atoms. The van der Waals surface area contributed by atoms with Crippen LogP contribution in [0.4, 0.5) is 19.1 Å². The molecule has 0 radical (unpaired) electrons. The maximum Gasteiger partial charge on any atom is 0.416 e. The highest BCUT2D eigenvalue weighted by atomic mass is 19.4. The maximum atomic E-state index is 12.6. The first-order valence-electron chi connectivity index (χ1n) is 6.53. The van der Waals surface area contributed by atoms with E-state index in [-0.39, 0.29) is 16.9 Å². The zero-order valence-electron chi connectivity index (χ0n) is 12.3. The Labute approximate surface area is 125 Å². The van der Waals surface area contributed by atoms with E-state index in [0.29, 0.717) is 5.69 Å². The second kappa shape index (κ2) is 5.47. The van der Waals surface area contributed by atoms with Crippen molar-refractivity contribution in [2.75, 3.05) is 5.32 Å². The van der Waals surface area contributed by atoms with Gasteiger partial charge in [0.15, 0.2) is 0 Å². The van der Waals surface area contributed by atoms with Crippen LogP contribution >= 0.6 is 0 Å². The Morgan fingerprint density at radius 1 is 1.18 bits per heavy atom. The highest BCUT2D eigenvalue weighted by molar-refractivity contribution is 6.03. The van der Waals surface area contributed by atoms with E-state index in [2.05, 4.69) is 10.5 Å². The molecule has 4 nitrogen and oxygen atoms in total. The van der Waals surface area contributed by atoms with Crippen molar-refractivity contribution in [3.8, 4) is 0 Å². The van der Waals surface area contributed by atoms with Crippen LogP contribution in [0, 0.1) is 0 Å². The SMILES string of the molecule is CC(C)(C)c1cc(NC(=O)c2cccc(C(F)(F)F)c2)on1. The van der Waals surface area contributed by atoms with Crippen molar-refractivity contribution >= 4 is 11.8 Å². The van der Waals surface area contributed by atoms with Crippen LogP contribution in [0.2, 0.25) is 0 Å². The summed E-state index contributed by atoms with van der Waals surface area (Å²) in [7, 11) is 0. The molecule has 1 aromatic carbocycles. The summed E-state index contributed by atoms with van der Waals surface area (Å²) in [4.78, 5) is 12.0. The Morgan fingerprint density at radius 3 is 2.41 bits per heavy atom. The number of amides is 1. The first-order chi connectivity index (χ1) is 10.1. The number of nitrogens with one attached hydrogen (secondary N) is 1. The van der Waals surface area contributed by atoms with Gasteiger partial charge in [0.1, 0.15) is 0 Å². The van der Waals surface area contributed by atoms with E-state index in [1.54, 1.807) is 6.07 Å². The zero-order valence-corrected chi connectivity index (χ0v) is 12.3. The third kappa shape index (κ3) is 3.66. The molecular weight excluding hydrogens is 297 g/mol. The van der Waals surface area contributed by atoms with E-state index in [1.165, 1.54) is 12.1 Å². The fraction of sp³-hybridized carbons (Fsp3) is 0.333. The summed E-state index contributed by atoms with van der Waals surface area (Å²) in [6.07, 6.45) is -4.50. The van der Waals surface area contributed by atoms with Crippen LogP contribution < -0.4 is 5.32 Å². The van der Waals surface area contributed by atoms with Gasteiger partial charge in [0.2, 0.25) is 5.88 Å². The van der Waals surface area contributed by atoms with Crippen LogP contribution in [-0.2, 0) is 11.6 Å². The van der Waals surface area contributed by atoms with Gasteiger partial charge in [0.25, 0.3) is 5.91 Å². The van der Waals surface area contributed by atoms with Gasteiger partial charge >= 0.3 is 6.18 Å². The van der Waals surface area contributed by atoms with Gasteiger partial charge < -0.3 is 4.52 Å². The minimum Gasteiger partial charge on any atom is -0.338 e. The number of carbonyl (C=O) groups excluding carboxylic acids is 1. The Hall–Kier alpha value is -2.31. The van der Waals surface area contributed by atoms with Crippen molar-refractivity contribution in [2.24, 2.45) is 0 Å². The number of alkyl halides is 3. The van der Waals surface area contributed by atoms with Gasteiger partial charge in [-0.25, -0.2) is 0 Å². The Balaban J connectivity index is 2.18. The van der Waals surface area contributed by atoms with Crippen LogP contribution in [-0.4, -0.2) is 11.1 Å². The van der Waals surface area contributed by atoms with Gasteiger partial charge in [-0.3, -0.25) is 10.1 Å². The first kappa shape index (κ1) is 16.1. The lowest BCUT2D eigenvalue weighted by Crippen LogP contribution is -2.14. The summed E-state index contributed by atoms with van der Waals surface area (Å²) in [5.74, 6) is -0.602. The third-order valence-electron chi connectivity index (χ3n) is 2.97. The lowest BCUT2D eigenvalue weighted by atomic mass is 9.92. The van der Waals surface area contributed by atoms with Crippen molar-refractivity contribution in [1.82, 2.24) is 5.16 Å². The molecule has 0 aliphatic rings. The Bertz CT molecular complexity index is 685. The molecule has 7 heteroatoms. The molecule has 0 spiro atoms. The largest absolute Gasteiger partial charge is 0.416 e. The number of halogens is 3. The highest BCUT2D eigenvalue weighted by Gasteiger charge is 2.31. The third-order valence-corrected chi connectivity index (χ3v) is 2.97. The second-order valence-electron chi connectivity index (χ2n) is 5.86. The molecule has 1 heterocycles. The lowest BCUT2D eigenvalue weighted by Gasteiger charge is -2.12. The summed E-state index contributed by atoms with van der Waals surface area (Å²) in [5.41, 5.74) is -0.619. The molecule has 0 aliphatic carbocycles. The normalized spacial score (nSPS) is 12.3. The molecule has 0 saturated heterocycles. The van der Waals surface area contributed by atoms with Gasteiger partial charge in [-0.05, 0) is 18.2 Å². The number of anilines is 1. The van der Waals surface area contributed by atoms with E-state index < -0.39 is 17.6 Å². The van der Waals surface area contributed by atoms with E-state index in [4.69, 9.17) is 4.52 Å². The van der Waals surface area contributed by atoms with Gasteiger partial charge in [-0.15, -0.1) is 0 Å². The molecule has 2 aromatic rings. The van der Waals surface area contributed by atoms with E-state index in [9.17, 15) is 18.0 Å². The summed E-state index contributed by atoms with van der Waals surface area (Å²) < 4.78 is 42.9. The number of hydrogen-bond acceptors (Lipinski definition) is 3. The van der Waals surface area contributed by atoms with Crippen LogP contribution in [0.3, 0.4) is 0 Å². The highest BCUT2D eigenvalue weighted by Crippen LogP contribution is 2.30. The van der Waals surface area contributed by atoms with E-state index in [0.717, 1.165) is 12.1 Å². The fourth-order valence-electron chi connectivity index (χ4n) is 1.71. The molecule has 0 saturated carbocycles. The van der Waals surface area contributed by atoms with E-state index in [1.807, 2.05) is 20.8 Å². The summed E-state index contributed by atoms with van der Waals surface area (Å²) >= 11 is 0. The average molecular weight is 312 g/mol. The van der Waals surface area contributed by atoms with E-state index >= 15 is 0 Å². The minimum atomic E-state index is -4.50. The number of benzene rings is 1. The molecule has 1 amide bonds. The fourth-order valence-corrected chi connectivity index (χ4v) is 1.71. The monoisotopic (exact) mass is 312 g/mol. The van der Waals surface area contributed by atoms with Crippen molar-refractivity contribution in [1.29, 1.82) is 0 Å². The van der Waals surface area contributed by atoms with Crippen molar-refractivity contribution in [3.63, 3.8) is 0 Å². The van der Waals surface area contributed by atoms with Crippen LogP contribution in [0.5, 0.6) is 0 Å². The zero-order chi connectivity index (χ0) is 16.5. The number of aromatic nitrogens is 1. The molecule has 0 fully saturated rings. The molecule has 2 rings (SSSR count). The molecule has 0 atom stereocenters. The Kier molecular flexibility index (Phi) is 4.00. The topological polar surface area (TPSA) is 55.1 Å². The van der Waals surface area contributed by atoms with Crippen molar-refractivity contribution in [2.45, 2.75) is 32.4 Å². The van der Waals surface area contributed by atoms with Gasteiger partial charge in [-0.1, -0.05) is 32.0 Å². The lowest BCUT2D eigenvalue weighted by molar-refractivity contribution is -0.137. The number of hydrogen-bond donors (Lipinski definition) is 1. The summed E-state index contributed by atoms with van der Waals surface area (Å²) in [5, 5.41) is 6.22. The smallest absolute Gasteiger partial charge is 0.338 e. The van der Waals surface area contributed by atoms with Crippen molar-refractivity contribution in [3.05, 3.63) is 47.2 Å². The quantitative estimate of drug-likeness (QED) is 0.902. The molecule has 1 aromatic heterocycles.